The number of carboxylic acids is 1. The van der Waals surface area contributed by atoms with Crippen LogP contribution in [0.5, 0.6) is 0 Å². The maximum Gasteiger partial charge on any atom is 0.0755 e. The first-order valence-corrected chi connectivity index (χ1v) is 6.09. The number of carbonyl (C=O) groups excluding carboxylic acids is 1. The first-order chi connectivity index (χ1) is 7.99. The van der Waals surface area contributed by atoms with Gasteiger partial charge in [-0.3, -0.25) is 0 Å². The van der Waals surface area contributed by atoms with Gasteiger partial charge in [-0.25, -0.2) is 0 Å². The van der Waals surface area contributed by atoms with Crippen LogP contribution in [-0.4, -0.2) is 37.1 Å². The normalized spacial score (nSPS) is 10.4. The molecule has 17 heavy (non-hydrogen) atoms. The molecular formula is C14H23NO2. The number of rotatable bonds is 4. The minimum atomic E-state index is -1.13. The average Bonchev–Trinajstić information content (AvgIpc) is 2.39. The number of benzene rings is 1. The van der Waals surface area contributed by atoms with Crippen LogP contribution < -0.4 is 5.11 Å². The van der Waals surface area contributed by atoms with E-state index in [2.05, 4.69) is 27.8 Å². The molecule has 0 saturated carbocycles. The fraction of sp³-hybridized carbons (Fsp3) is 0.500. The van der Waals surface area contributed by atoms with E-state index in [1.165, 1.54) is 36.3 Å². The van der Waals surface area contributed by atoms with Crippen molar-refractivity contribution in [3.05, 3.63) is 35.9 Å². The standard InChI is InChI=1S/C7H18N.C7H6O2/c1-5-8(4,6-2)7-3;8-7(9)6-4-2-1-3-5-6/h5-7H2,1-4H3;1-5H,(H,8,9)/q+1;/p-1. The van der Waals surface area contributed by atoms with E-state index in [0.29, 0.717) is 0 Å². The van der Waals surface area contributed by atoms with Gasteiger partial charge in [-0.2, -0.15) is 0 Å². The third kappa shape index (κ3) is 6.07. The zero-order valence-corrected chi connectivity index (χ0v) is 11.3. The summed E-state index contributed by atoms with van der Waals surface area (Å²) < 4.78 is 1.21. The van der Waals surface area contributed by atoms with E-state index >= 15 is 0 Å². The second-order valence-electron chi connectivity index (χ2n) is 4.22. The lowest BCUT2D eigenvalue weighted by atomic mass is 10.2. The first-order valence-electron chi connectivity index (χ1n) is 6.09. The molecule has 0 radical (unpaired) electrons. The number of carboxylic acid groups (broad SMARTS) is 1. The first kappa shape index (κ1) is 15.7. The van der Waals surface area contributed by atoms with Crippen LogP contribution in [0.25, 0.3) is 0 Å². The molecule has 3 heteroatoms. The van der Waals surface area contributed by atoms with Gasteiger partial charge < -0.3 is 14.4 Å². The van der Waals surface area contributed by atoms with Crippen LogP contribution in [0.3, 0.4) is 0 Å². The Kier molecular flexibility index (Phi) is 7.22. The van der Waals surface area contributed by atoms with Crippen molar-refractivity contribution in [1.82, 2.24) is 0 Å². The van der Waals surface area contributed by atoms with Gasteiger partial charge >= 0.3 is 0 Å². The molecule has 0 aliphatic rings. The molecule has 0 unspecified atom stereocenters. The van der Waals surface area contributed by atoms with Crippen LogP contribution >= 0.6 is 0 Å². The topological polar surface area (TPSA) is 40.1 Å². The Bertz CT molecular complexity index is 310. The SMILES string of the molecule is CC[N+](C)(CC)CC.O=C([O-])c1ccccc1. The van der Waals surface area contributed by atoms with Crippen LogP contribution in [-0.2, 0) is 0 Å². The molecule has 0 atom stereocenters. The molecule has 3 nitrogen and oxygen atoms in total. The van der Waals surface area contributed by atoms with Crippen LogP contribution in [0.15, 0.2) is 30.3 Å². The van der Waals surface area contributed by atoms with Crippen molar-refractivity contribution in [3.63, 3.8) is 0 Å². The van der Waals surface area contributed by atoms with Crippen LogP contribution in [0.2, 0.25) is 0 Å². The minimum absolute atomic E-state index is 0.220. The molecule has 0 bridgehead atoms. The monoisotopic (exact) mass is 237 g/mol. The lowest BCUT2D eigenvalue weighted by Crippen LogP contribution is -2.42. The summed E-state index contributed by atoms with van der Waals surface area (Å²) in [7, 11) is 2.29. The van der Waals surface area contributed by atoms with Crippen molar-refractivity contribution < 1.29 is 14.4 Å². The fourth-order valence-electron chi connectivity index (χ4n) is 1.25. The molecule has 0 aliphatic heterocycles. The third-order valence-electron chi connectivity index (χ3n) is 3.30. The zero-order chi connectivity index (χ0) is 13.3. The van der Waals surface area contributed by atoms with Crippen LogP contribution in [0, 0.1) is 0 Å². The minimum Gasteiger partial charge on any atom is -0.545 e. The van der Waals surface area contributed by atoms with Gasteiger partial charge in [-0.15, -0.1) is 0 Å². The lowest BCUT2D eigenvalue weighted by molar-refractivity contribution is -0.904. The Morgan fingerprint density at radius 2 is 1.47 bits per heavy atom. The van der Waals surface area contributed by atoms with Crippen LogP contribution in [0.4, 0.5) is 0 Å². The van der Waals surface area contributed by atoms with Gasteiger partial charge in [-0.1, -0.05) is 30.3 Å². The molecule has 0 amide bonds. The van der Waals surface area contributed by atoms with Crippen molar-refractivity contribution in [2.75, 3.05) is 26.7 Å². The summed E-state index contributed by atoms with van der Waals surface area (Å²) in [4.78, 5) is 10.1. The molecule has 1 aromatic carbocycles. The quantitative estimate of drug-likeness (QED) is 0.745. The van der Waals surface area contributed by atoms with Gasteiger partial charge in [0.05, 0.1) is 32.7 Å². The molecule has 1 aromatic rings. The second kappa shape index (κ2) is 7.85. The molecule has 0 fully saturated rings. The largest absolute Gasteiger partial charge is 0.545 e. The highest BCUT2D eigenvalue weighted by Gasteiger charge is 2.10. The molecule has 0 N–H and O–H groups in total. The highest BCUT2D eigenvalue weighted by atomic mass is 16.4. The van der Waals surface area contributed by atoms with Gasteiger partial charge in [-0.05, 0) is 26.3 Å². The predicted molar refractivity (Wildman–Crippen MR) is 68.6 cm³/mol. The Labute approximate surface area is 104 Å². The Morgan fingerprint density at radius 1 is 1.06 bits per heavy atom. The zero-order valence-electron chi connectivity index (χ0n) is 11.3. The number of hydrogen-bond acceptors (Lipinski definition) is 2. The maximum atomic E-state index is 10.1. The van der Waals surface area contributed by atoms with Gasteiger partial charge in [0.25, 0.3) is 0 Å². The van der Waals surface area contributed by atoms with Crippen molar-refractivity contribution in [2.24, 2.45) is 0 Å². The number of carbonyl (C=O) groups is 1. The summed E-state index contributed by atoms with van der Waals surface area (Å²) in [5.41, 5.74) is 0.220. The Hall–Kier alpha value is -1.35. The molecule has 1 rings (SSSR count). The highest BCUT2D eigenvalue weighted by Crippen LogP contribution is 1.97. The molecule has 0 aliphatic carbocycles. The summed E-state index contributed by atoms with van der Waals surface area (Å²) in [6.45, 7) is 10.5. The maximum absolute atomic E-state index is 10.1. The lowest BCUT2D eigenvalue weighted by Gasteiger charge is -2.30. The molecule has 0 spiro atoms. The third-order valence-corrected chi connectivity index (χ3v) is 3.30. The summed E-state index contributed by atoms with van der Waals surface area (Å²) >= 11 is 0. The van der Waals surface area contributed by atoms with E-state index < -0.39 is 5.97 Å². The summed E-state index contributed by atoms with van der Waals surface area (Å²) in [6, 6.07) is 8.06. The van der Waals surface area contributed by atoms with Crippen LogP contribution in [0.1, 0.15) is 31.1 Å². The van der Waals surface area contributed by atoms with Crippen molar-refractivity contribution >= 4 is 5.97 Å². The fourth-order valence-corrected chi connectivity index (χ4v) is 1.25. The predicted octanol–water partition coefficient (Wildman–Crippen LogP) is 1.54. The smallest absolute Gasteiger partial charge is 0.0755 e. The van der Waals surface area contributed by atoms with Crippen molar-refractivity contribution in [2.45, 2.75) is 20.8 Å². The van der Waals surface area contributed by atoms with E-state index in [0.717, 1.165) is 0 Å². The van der Waals surface area contributed by atoms with E-state index in [1.807, 2.05) is 0 Å². The summed E-state index contributed by atoms with van der Waals surface area (Å²) in [6.07, 6.45) is 0. The Morgan fingerprint density at radius 3 is 1.65 bits per heavy atom. The molecule has 0 aromatic heterocycles. The van der Waals surface area contributed by atoms with Crippen molar-refractivity contribution in [3.8, 4) is 0 Å². The molecular weight excluding hydrogens is 214 g/mol. The molecule has 0 saturated heterocycles. The average molecular weight is 237 g/mol. The Balaban J connectivity index is 0.000000304. The molecule has 96 valence electrons. The number of hydrogen-bond donors (Lipinski definition) is 0. The van der Waals surface area contributed by atoms with Gasteiger partial charge in [0, 0.05) is 0 Å². The van der Waals surface area contributed by atoms with E-state index in [4.69, 9.17) is 0 Å². The number of aromatic carboxylic acids is 1. The van der Waals surface area contributed by atoms with E-state index in [-0.39, 0.29) is 5.56 Å². The number of nitrogens with zero attached hydrogens (tertiary/aromatic N) is 1. The van der Waals surface area contributed by atoms with Gasteiger partial charge in [0.2, 0.25) is 0 Å². The summed E-state index contributed by atoms with van der Waals surface area (Å²) in [5.74, 6) is -1.13. The number of quaternary nitrogens is 1. The second-order valence-corrected chi connectivity index (χ2v) is 4.22. The van der Waals surface area contributed by atoms with Crippen molar-refractivity contribution in [1.29, 1.82) is 0 Å². The summed E-state index contributed by atoms with van der Waals surface area (Å²) in [5, 5.41) is 10.1. The van der Waals surface area contributed by atoms with Gasteiger partial charge in [0.15, 0.2) is 0 Å². The van der Waals surface area contributed by atoms with Gasteiger partial charge in [0.1, 0.15) is 0 Å². The highest BCUT2D eigenvalue weighted by molar-refractivity contribution is 5.85. The van der Waals surface area contributed by atoms with E-state index in [1.54, 1.807) is 18.2 Å². The molecule has 0 heterocycles. The van der Waals surface area contributed by atoms with E-state index in [9.17, 15) is 9.90 Å².